The van der Waals surface area contributed by atoms with Gasteiger partial charge >= 0.3 is 0 Å². The van der Waals surface area contributed by atoms with Gasteiger partial charge in [-0.15, -0.1) is 11.3 Å². The molecule has 0 saturated carbocycles. The Balaban J connectivity index is 2.49. The van der Waals surface area contributed by atoms with Crippen LogP contribution in [-0.2, 0) is 0 Å². The Morgan fingerprint density at radius 3 is 2.59 bits per heavy atom. The minimum absolute atomic E-state index is 0.421. The van der Waals surface area contributed by atoms with Crippen LogP contribution >= 0.6 is 27.3 Å². The first-order valence-electron chi connectivity index (χ1n) is 5.51. The predicted molar refractivity (Wildman–Crippen MR) is 78.5 cm³/mol. The molecule has 0 amide bonds. The molecule has 0 aliphatic carbocycles. The van der Waals surface area contributed by atoms with Gasteiger partial charge in [0.1, 0.15) is 10.7 Å². The molecule has 2 aromatic rings. The van der Waals surface area contributed by atoms with Crippen LogP contribution in [0.5, 0.6) is 0 Å². The Labute approximate surface area is 114 Å². The number of nitrogens with two attached hydrogens (primary N) is 1. The van der Waals surface area contributed by atoms with Crippen molar-refractivity contribution in [1.29, 1.82) is 0 Å². The lowest BCUT2D eigenvalue weighted by atomic mass is 10.1. The van der Waals surface area contributed by atoms with Crippen LogP contribution in [0.4, 0.5) is 5.00 Å². The highest BCUT2D eigenvalue weighted by atomic mass is 79.9. The van der Waals surface area contributed by atoms with Gasteiger partial charge in [-0.1, -0.05) is 41.9 Å². The molecule has 0 fully saturated rings. The van der Waals surface area contributed by atoms with Gasteiger partial charge in [0, 0.05) is 16.0 Å². The molecule has 1 aromatic heterocycles. The third kappa shape index (κ3) is 2.53. The van der Waals surface area contributed by atoms with Crippen molar-refractivity contribution in [2.75, 3.05) is 5.73 Å². The number of halogens is 1. The average molecular weight is 311 g/mol. The van der Waals surface area contributed by atoms with Crippen LogP contribution in [0.25, 0.3) is 11.3 Å². The van der Waals surface area contributed by atoms with Crippen molar-refractivity contribution in [2.24, 2.45) is 0 Å². The number of nitrogen functional groups attached to an aromatic ring is 1. The third-order valence-electron chi connectivity index (χ3n) is 2.61. The average Bonchev–Trinajstić information content (AvgIpc) is 2.65. The summed E-state index contributed by atoms with van der Waals surface area (Å²) in [5.74, 6) is 0.421. The summed E-state index contributed by atoms with van der Waals surface area (Å²) >= 11 is 5.12. The summed E-state index contributed by atoms with van der Waals surface area (Å²) in [5.41, 5.74) is 9.23. The monoisotopic (exact) mass is 310 g/mol. The van der Waals surface area contributed by atoms with Crippen molar-refractivity contribution < 1.29 is 0 Å². The van der Waals surface area contributed by atoms with Gasteiger partial charge in [0.15, 0.2) is 0 Å². The molecule has 0 radical (unpaired) electrons. The van der Waals surface area contributed by atoms with E-state index in [1.165, 1.54) is 5.56 Å². The third-order valence-corrected chi connectivity index (χ3v) is 4.65. The molecule has 2 rings (SSSR count). The van der Waals surface area contributed by atoms with Crippen LogP contribution < -0.4 is 5.73 Å². The maximum absolute atomic E-state index is 6.04. The van der Waals surface area contributed by atoms with E-state index in [2.05, 4.69) is 59.9 Å². The number of hydrogen-bond acceptors (Lipinski definition) is 3. The van der Waals surface area contributed by atoms with E-state index in [1.54, 1.807) is 11.3 Å². The highest BCUT2D eigenvalue weighted by Crippen LogP contribution is 2.35. The summed E-state index contributed by atoms with van der Waals surface area (Å²) < 4.78 is 1.09. The van der Waals surface area contributed by atoms with Gasteiger partial charge in [-0.3, -0.25) is 0 Å². The molecule has 0 spiro atoms. The molecule has 1 heterocycles. The standard InChI is InChI=1S/C13H15BrN2S/c1-7(2)13-16-11(12(15)17-13)9-5-4-8(3)10(14)6-9/h4-7H,15H2,1-3H3. The first kappa shape index (κ1) is 12.6. The van der Waals surface area contributed by atoms with Crippen molar-refractivity contribution in [3.8, 4) is 11.3 Å². The minimum Gasteiger partial charge on any atom is -0.389 e. The molecular formula is C13H15BrN2S. The van der Waals surface area contributed by atoms with Crippen molar-refractivity contribution in [3.63, 3.8) is 0 Å². The topological polar surface area (TPSA) is 38.9 Å². The SMILES string of the molecule is Cc1ccc(-c2nc(C(C)C)sc2N)cc1Br. The fourth-order valence-corrected chi connectivity index (χ4v) is 2.78. The van der Waals surface area contributed by atoms with E-state index in [4.69, 9.17) is 5.73 Å². The second-order valence-corrected chi connectivity index (χ2v) is 6.30. The second-order valence-electron chi connectivity index (χ2n) is 4.38. The summed E-state index contributed by atoms with van der Waals surface area (Å²) in [6.07, 6.45) is 0. The summed E-state index contributed by atoms with van der Waals surface area (Å²) in [7, 11) is 0. The van der Waals surface area contributed by atoms with E-state index in [1.807, 2.05) is 0 Å². The van der Waals surface area contributed by atoms with Gasteiger partial charge in [0.25, 0.3) is 0 Å². The first-order chi connectivity index (χ1) is 7.99. The lowest BCUT2D eigenvalue weighted by Gasteiger charge is -2.02. The number of benzene rings is 1. The molecular weight excluding hydrogens is 296 g/mol. The molecule has 0 aliphatic rings. The van der Waals surface area contributed by atoms with E-state index in [0.29, 0.717) is 5.92 Å². The zero-order valence-electron chi connectivity index (χ0n) is 10.1. The maximum atomic E-state index is 6.04. The largest absolute Gasteiger partial charge is 0.389 e. The molecule has 0 unspecified atom stereocenters. The van der Waals surface area contributed by atoms with Crippen LogP contribution in [-0.4, -0.2) is 4.98 Å². The van der Waals surface area contributed by atoms with E-state index in [0.717, 1.165) is 25.7 Å². The lowest BCUT2D eigenvalue weighted by molar-refractivity contribution is 0.853. The zero-order valence-corrected chi connectivity index (χ0v) is 12.5. The van der Waals surface area contributed by atoms with E-state index >= 15 is 0 Å². The number of rotatable bonds is 2. The summed E-state index contributed by atoms with van der Waals surface area (Å²) in [4.78, 5) is 4.62. The fraction of sp³-hybridized carbons (Fsp3) is 0.308. The number of anilines is 1. The molecule has 2 N–H and O–H groups in total. The number of aromatic nitrogens is 1. The summed E-state index contributed by atoms with van der Waals surface area (Å²) in [6.45, 7) is 6.33. The molecule has 17 heavy (non-hydrogen) atoms. The minimum atomic E-state index is 0.421. The van der Waals surface area contributed by atoms with E-state index in [-0.39, 0.29) is 0 Å². The van der Waals surface area contributed by atoms with E-state index < -0.39 is 0 Å². The predicted octanol–water partition coefficient (Wildman–Crippen LogP) is 4.59. The van der Waals surface area contributed by atoms with Crippen LogP contribution in [0.1, 0.15) is 30.3 Å². The molecule has 0 aliphatic heterocycles. The van der Waals surface area contributed by atoms with Crippen molar-refractivity contribution in [2.45, 2.75) is 26.7 Å². The number of nitrogens with zero attached hydrogens (tertiary/aromatic N) is 1. The quantitative estimate of drug-likeness (QED) is 0.881. The maximum Gasteiger partial charge on any atom is 0.114 e. The fourth-order valence-electron chi connectivity index (χ4n) is 1.54. The molecule has 2 nitrogen and oxygen atoms in total. The Hall–Kier alpha value is -0.870. The molecule has 4 heteroatoms. The van der Waals surface area contributed by atoms with E-state index in [9.17, 15) is 0 Å². The second kappa shape index (κ2) is 4.78. The first-order valence-corrected chi connectivity index (χ1v) is 7.12. The van der Waals surface area contributed by atoms with Gasteiger partial charge in [-0.2, -0.15) is 0 Å². The van der Waals surface area contributed by atoms with Crippen LogP contribution in [0.15, 0.2) is 22.7 Å². The van der Waals surface area contributed by atoms with Crippen molar-refractivity contribution in [1.82, 2.24) is 4.98 Å². The Kier molecular flexibility index (Phi) is 3.54. The van der Waals surface area contributed by atoms with Gasteiger partial charge in [0.05, 0.1) is 5.01 Å². The van der Waals surface area contributed by atoms with Crippen LogP contribution in [0.3, 0.4) is 0 Å². The van der Waals surface area contributed by atoms with Crippen LogP contribution in [0, 0.1) is 6.92 Å². The summed E-state index contributed by atoms with van der Waals surface area (Å²) in [5, 5.41) is 1.89. The molecule has 90 valence electrons. The van der Waals surface area contributed by atoms with Gasteiger partial charge in [0.2, 0.25) is 0 Å². The highest BCUT2D eigenvalue weighted by Gasteiger charge is 2.13. The number of thiazole rings is 1. The molecule has 0 atom stereocenters. The molecule has 1 aromatic carbocycles. The Morgan fingerprint density at radius 1 is 1.35 bits per heavy atom. The molecule has 0 bridgehead atoms. The lowest BCUT2D eigenvalue weighted by Crippen LogP contribution is -1.88. The normalized spacial score (nSPS) is 11.1. The smallest absolute Gasteiger partial charge is 0.114 e. The highest BCUT2D eigenvalue weighted by molar-refractivity contribution is 9.10. The van der Waals surface area contributed by atoms with Gasteiger partial charge in [-0.25, -0.2) is 4.98 Å². The molecule has 0 saturated heterocycles. The van der Waals surface area contributed by atoms with Gasteiger partial charge < -0.3 is 5.73 Å². The van der Waals surface area contributed by atoms with Gasteiger partial charge in [-0.05, 0) is 18.6 Å². The zero-order chi connectivity index (χ0) is 12.6. The number of hydrogen-bond donors (Lipinski definition) is 1. The Morgan fingerprint density at radius 2 is 2.06 bits per heavy atom. The van der Waals surface area contributed by atoms with Crippen molar-refractivity contribution in [3.05, 3.63) is 33.2 Å². The Bertz CT molecular complexity index is 546. The summed E-state index contributed by atoms with van der Waals surface area (Å²) in [6, 6.07) is 6.22. The number of aryl methyl sites for hydroxylation is 1. The van der Waals surface area contributed by atoms with Crippen molar-refractivity contribution >= 4 is 32.3 Å². The van der Waals surface area contributed by atoms with Crippen LogP contribution in [0.2, 0.25) is 0 Å².